The van der Waals surface area contributed by atoms with Gasteiger partial charge in [-0.25, -0.2) is 4.79 Å². The van der Waals surface area contributed by atoms with Gasteiger partial charge in [-0.3, -0.25) is 10.1 Å². The maximum Gasteiger partial charge on any atom is 0.379 e. The first-order valence-electron chi connectivity index (χ1n) is 10.5. The Hall–Kier alpha value is -4.43. The van der Waals surface area contributed by atoms with Crippen LogP contribution in [-0.4, -0.2) is 57.9 Å². The van der Waals surface area contributed by atoms with Crippen LogP contribution >= 0.6 is 11.3 Å². The summed E-state index contributed by atoms with van der Waals surface area (Å²) in [7, 11) is 2.90. The molecule has 3 heterocycles. The first-order chi connectivity index (χ1) is 17.4. The van der Waals surface area contributed by atoms with Crippen molar-refractivity contribution in [2.24, 2.45) is 0 Å². The average molecular weight is 515 g/mol. The van der Waals surface area contributed by atoms with Crippen molar-refractivity contribution in [2.45, 2.75) is 13.0 Å². The van der Waals surface area contributed by atoms with Crippen molar-refractivity contribution in [3.05, 3.63) is 52.7 Å². The van der Waals surface area contributed by atoms with Crippen LogP contribution in [0.15, 0.2) is 45.7 Å². The Morgan fingerprint density at radius 1 is 1.25 bits per heavy atom. The zero-order chi connectivity index (χ0) is 25.8. The lowest BCUT2D eigenvalue weighted by molar-refractivity contribution is 0.0986. The summed E-state index contributed by atoms with van der Waals surface area (Å²) in [5, 5.41) is 24.3. The van der Waals surface area contributed by atoms with Crippen LogP contribution < -0.4 is 30.9 Å². The summed E-state index contributed by atoms with van der Waals surface area (Å²) in [6.07, 6.45) is 0.764. The molecule has 14 heteroatoms. The first kappa shape index (κ1) is 24.7. The zero-order valence-corrected chi connectivity index (χ0v) is 20.2. The molecule has 0 saturated heterocycles. The Bertz CT molecular complexity index is 1420. The van der Waals surface area contributed by atoms with E-state index < -0.39 is 17.6 Å². The molecule has 4 aromatic rings. The fraction of sp³-hybridized carbons (Fsp3) is 0.227. The van der Waals surface area contributed by atoms with Gasteiger partial charge in [0.25, 0.3) is 5.91 Å². The average Bonchev–Trinajstić information content (AvgIpc) is 3.52. The third-order valence-electron chi connectivity index (χ3n) is 4.89. The van der Waals surface area contributed by atoms with Crippen LogP contribution in [0.3, 0.4) is 0 Å². The molecule has 4 N–H and O–H groups in total. The summed E-state index contributed by atoms with van der Waals surface area (Å²) in [6, 6.07) is 7.94. The fourth-order valence-electron chi connectivity index (χ4n) is 3.23. The molecular weight excluding hydrogens is 492 g/mol. The van der Waals surface area contributed by atoms with Gasteiger partial charge in [0.2, 0.25) is 16.0 Å². The molecule has 1 atom stereocenters. The minimum absolute atomic E-state index is 0.123. The molecule has 0 bridgehead atoms. The number of anilines is 2. The minimum Gasteiger partial charge on any atom is -0.496 e. The van der Waals surface area contributed by atoms with Crippen molar-refractivity contribution in [1.82, 2.24) is 20.0 Å². The largest absolute Gasteiger partial charge is 0.496 e. The Kier molecular flexibility index (Phi) is 7.17. The van der Waals surface area contributed by atoms with E-state index in [1.165, 1.54) is 31.2 Å². The molecule has 36 heavy (non-hydrogen) atoms. The van der Waals surface area contributed by atoms with Crippen molar-refractivity contribution >= 4 is 28.2 Å². The number of nitrogens with two attached hydrogens (primary N) is 1. The number of rotatable bonds is 9. The number of aliphatic hydroxyl groups is 1. The maximum absolute atomic E-state index is 13.0. The molecule has 3 aromatic heterocycles. The molecule has 0 radical (unpaired) electrons. The van der Waals surface area contributed by atoms with Gasteiger partial charge in [-0.15, -0.1) is 10.2 Å². The van der Waals surface area contributed by atoms with Crippen LogP contribution in [0, 0.1) is 0 Å². The Balaban J connectivity index is 1.76. The molecule has 0 spiro atoms. The SMILES string of the molecule is COc1cccc(OC)c1-c1cc(C(=O)Nc2nnc(-n3nccc3N)s2)oc(=O)c1O[C@H](C)CO. The van der Waals surface area contributed by atoms with Gasteiger partial charge in [0, 0.05) is 11.6 Å². The molecule has 1 amide bonds. The summed E-state index contributed by atoms with van der Waals surface area (Å²) in [6.45, 7) is 1.22. The number of aliphatic hydroxyl groups excluding tert-OH is 1. The van der Waals surface area contributed by atoms with E-state index in [2.05, 4.69) is 20.6 Å². The van der Waals surface area contributed by atoms with Gasteiger partial charge in [0.15, 0.2) is 5.76 Å². The number of aromatic nitrogens is 4. The molecule has 188 valence electrons. The second kappa shape index (κ2) is 10.5. The third kappa shape index (κ3) is 4.85. The van der Waals surface area contributed by atoms with Crippen LogP contribution in [0.2, 0.25) is 0 Å². The quantitative estimate of drug-likeness (QED) is 0.297. The molecule has 0 unspecified atom stereocenters. The number of hydrogen-bond acceptors (Lipinski definition) is 12. The van der Waals surface area contributed by atoms with E-state index >= 15 is 0 Å². The second-order valence-electron chi connectivity index (χ2n) is 7.30. The van der Waals surface area contributed by atoms with E-state index in [1.54, 1.807) is 31.2 Å². The topological polar surface area (TPSA) is 177 Å². The molecule has 0 aliphatic carbocycles. The molecule has 1 aromatic carbocycles. The van der Waals surface area contributed by atoms with E-state index in [9.17, 15) is 14.7 Å². The van der Waals surface area contributed by atoms with E-state index in [4.69, 9.17) is 24.4 Å². The highest BCUT2D eigenvalue weighted by Gasteiger charge is 2.25. The number of nitrogens with one attached hydrogen (secondary N) is 1. The van der Waals surface area contributed by atoms with E-state index in [-0.39, 0.29) is 28.8 Å². The van der Waals surface area contributed by atoms with Gasteiger partial charge in [-0.05, 0) is 25.1 Å². The molecular formula is C22H22N6O7S. The van der Waals surface area contributed by atoms with Crippen LogP contribution in [0.4, 0.5) is 10.9 Å². The van der Waals surface area contributed by atoms with Crippen LogP contribution in [-0.2, 0) is 0 Å². The molecule has 4 rings (SSSR count). The van der Waals surface area contributed by atoms with Crippen LogP contribution in [0.5, 0.6) is 17.2 Å². The third-order valence-corrected chi connectivity index (χ3v) is 5.71. The Morgan fingerprint density at radius 3 is 2.58 bits per heavy atom. The Morgan fingerprint density at radius 2 is 1.97 bits per heavy atom. The van der Waals surface area contributed by atoms with E-state index in [1.807, 2.05) is 0 Å². The first-order valence-corrected chi connectivity index (χ1v) is 11.3. The van der Waals surface area contributed by atoms with Gasteiger partial charge in [-0.2, -0.15) is 9.78 Å². The monoisotopic (exact) mass is 514 g/mol. The molecule has 0 fully saturated rings. The van der Waals surface area contributed by atoms with Crippen LogP contribution in [0.1, 0.15) is 17.5 Å². The van der Waals surface area contributed by atoms with Crippen molar-refractivity contribution in [3.63, 3.8) is 0 Å². The van der Waals surface area contributed by atoms with Gasteiger partial charge in [-0.1, -0.05) is 17.4 Å². The van der Waals surface area contributed by atoms with Crippen molar-refractivity contribution in [3.8, 4) is 33.5 Å². The van der Waals surface area contributed by atoms with Gasteiger partial charge in [0.1, 0.15) is 23.4 Å². The molecule has 0 aliphatic heterocycles. The number of nitrogens with zero attached hydrogens (tertiary/aromatic N) is 4. The van der Waals surface area contributed by atoms with Gasteiger partial charge in [0.05, 0.1) is 32.6 Å². The molecule has 0 saturated carbocycles. The van der Waals surface area contributed by atoms with E-state index in [0.717, 1.165) is 11.3 Å². The lowest BCUT2D eigenvalue weighted by Gasteiger charge is -2.18. The molecule has 13 nitrogen and oxygen atoms in total. The van der Waals surface area contributed by atoms with E-state index in [0.29, 0.717) is 28.0 Å². The number of hydrogen-bond donors (Lipinski definition) is 3. The summed E-state index contributed by atoms with van der Waals surface area (Å²) in [4.78, 5) is 26.0. The number of carbonyl (C=O) groups excluding carboxylic acids is 1. The normalized spacial score (nSPS) is 11.7. The molecule has 0 aliphatic rings. The predicted octanol–water partition coefficient (Wildman–Crippen LogP) is 1.96. The fourth-order valence-corrected chi connectivity index (χ4v) is 3.95. The van der Waals surface area contributed by atoms with Crippen molar-refractivity contribution in [1.29, 1.82) is 0 Å². The highest BCUT2D eigenvalue weighted by molar-refractivity contribution is 7.17. The number of nitrogen functional groups attached to an aromatic ring is 1. The number of ether oxygens (including phenoxy) is 3. The van der Waals surface area contributed by atoms with Crippen molar-refractivity contribution < 1.29 is 28.5 Å². The van der Waals surface area contributed by atoms with Crippen molar-refractivity contribution in [2.75, 3.05) is 31.9 Å². The number of benzene rings is 1. The van der Waals surface area contributed by atoms with Gasteiger partial charge < -0.3 is 29.5 Å². The summed E-state index contributed by atoms with van der Waals surface area (Å²) >= 11 is 1.01. The van der Waals surface area contributed by atoms with Crippen LogP contribution in [0.25, 0.3) is 16.3 Å². The Labute approximate surface area is 208 Å². The zero-order valence-electron chi connectivity index (χ0n) is 19.4. The summed E-state index contributed by atoms with van der Waals surface area (Å²) < 4.78 is 23.2. The highest BCUT2D eigenvalue weighted by Crippen LogP contribution is 2.42. The van der Waals surface area contributed by atoms with Gasteiger partial charge >= 0.3 is 5.63 Å². The number of methoxy groups -OCH3 is 2. The summed E-state index contributed by atoms with van der Waals surface area (Å²) in [5.74, 6) is -0.249. The number of amides is 1. The predicted molar refractivity (Wildman–Crippen MR) is 130 cm³/mol. The second-order valence-corrected chi connectivity index (χ2v) is 8.26. The minimum atomic E-state index is -0.937. The number of carbonyl (C=O) groups is 1. The summed E-state index contributed by atoms with van der Waals surface area (Å²) in [5.41, 5.74) is 5.42. The smallest absolute Gasteiger partial charge is 0.379 e. The highest BCUT2D eigenvalue weighted by atomic mass is 32.1. The lowest BCUT2D eigenvalue weighted by Crippen LogP contribution is -2.22. The standard InChI is InChI=1S/C22H22N6O7S/c1-11(10-29)34-18-12(17-13(32-2)5-4-6-14(17)33-3)9-15(35-20(18)31)19(30)25-21-26-27-22(36-21)28-16(23)7-8-24-28/h4-9,11,29H,10,23H2,1-3H3,(H,25,26,30)/t11-/m1/s1. The lowest BCUT2D eigenvalue weighted by atomic mass is 10.0. The maximum atomic E-state index is 13.0.